The Kier molecular flexibility index (Phi) is 5.16. The van der Waals surface area contributed by atoms with Gasteiger partial charge in [-0.05, 0) is 24.0 Å². The lowest BCUT2D eigenvalue weighted by Gasteiger charge is -2.20. The second-order valence-corrected chi connectivity index (χ2v) is 4.52. The van der Waals surface area contributed by atoms with E-state index in [0.29, 0.717) is 5.56 Å². The number of hydrogen-bond acceptors (Lipinski definition) is 2. The van der Waals surface area contributed by atoms with Crippen LogP contribution in [-0.4, -0.2) is 23.7 Å². The van der Waals surface area contributed by atoms with E-state index in [1.807, 2.05) is 45.0 Å². The molecule has 1 rings (SSSR count). The fourth-order valence-electron chi connectivity index (χ4n) is 1.72. The van der Waals surface area contributed by atoms with E-state index < -0.39 is 0 Å². The van der Waals surface area contributed by atoms with Gasteiger partial charge < -0.3 is 10.4 Å². The first-order chi connectivity index (χ1) is 8.10. The molecule has 0 saturated carbocycles. The molecule has 3 heteroatoms. The molecule has 0 saturated heterocycles. The van der Waals surface area contributed by atoms with Crippen molar-refractivity contribution < 1.29 is 9.90 Å². The minimum atomic E-state index is -0.188. The number of nitrogens with one attached hydrogen (secondary N) is 1. The SMILES string of the molecule is CCc1ccccc1C(=O)N[C@H](CO)C(C)C. The average Bonchev–Trinajstić information content (AvgIpc) is 2.35. The summed E-state index contributed by atoms with van der Waals surface area (Å²) in [5.41, 5.74) is 1.74. The summed E-state index contributed by atoms with van der Waals surface area (Å²) in [5, 5.41) is 12.1. The molecule has 1 aromatic carbocycles. The van der Waals surface area contributed by atoms with Gasteiger partial charge in [0.25, 0.3) is 5.91 Å². The molecule has 0 fully saturated rings. The molecule has 1 aromatic rings. The van der Waals surface area contributed by atoms with Crippen molar-refractivity contribution in [1.29, 1.82) is 0 Å². The molecule has 94 valence electrons. The maximum absolute atomic E-state index is 12.1. The monoisotopic (exact) mass is 235 g/mol. The Bertz CT molecular complexity index is 374. The van der Waals surface area contributed by atoms with Crippen LogP contribution < -0.4 is 5.32 Å². The van der Waals surface area contributed by atoms with Gasteiger partial charge in [-0.1, -0.05) is 39.0 Å². The zero-order chi connectivity index (χ0) is 12.8. The van der Waals surface area contributed by atoms with Crippen LogP contribution in [0.4, 0.5) is 0 Å². The summed E-state index contributed by atoms with van der Waals surface area (Å²) >= 11 is 0. The minimum absolute atomic E-state index is 0.0301. The van der Waals surface area contributed by atoms with Gasteiger partial charge in [-0.15, -0.1) is 0 Å². The molecule has 0 aliphatic carbocycles. The molecule has 1 amide bonds. The predicted octanol–water partition coefficient (Wildman–Crippen LogP) is 2.00. The number of aliphatic hydroxyl groups is 1. The van der Waals surface area contributed by atoms with Crippen molar-refractivity contribution in [1.82, 2.24) is 5.32 Å². The lowest BCUT2D eigenvalue weighted by atomic mass is 10.0. The highest BCUT2D eigenvalue weighted by molar-refractivity contribution is 5.95. The van der Waals surface area contributed by atoms with Gasteiger partial charge in [0.05, 0.1) is 12.6 Å². The van der Waals surface area contributed by atoms with Crippen LogP contribution in [0.25, 0.3) is 0 Å². The van der Waals surface area contributed by atoms with Crippen LogP contribution in [0.15, 0.2) is 24.3 Å². The Labute approximate surface area is 103 Å². The summed E-state index contributed by atoms with van der Waals surface area (Å²) in [5.74, 6) is 0.118. The van der Waals surface area contributed by atoms with Crippen molar-refractivity contribution in [3.8, 4) is 0 Å². The van der Waals surface area contributed by atoms with E-state index in [2.05, 4.69) is 5.32 Å². The van der Waals surface area contributed by atoms with Crippen molar-refractivity contribution in [3.05, 3.63) is 35.4 Å². The maximum atomic E-state index is 12.1. The summed E-state index contributed by atoms with van der Waals surface area (Å²) in [7, 11) is 0. The number of hydrogen-bond donors (Lipinski definition) is 2. The van der Waals surface area contributed by atoms with Gasteiger partial charge >= 0.3 is 0 Å². The van der Waals surface area contributed by atoms with Crippen LogP contribution in [0, 0.1) is 5.92 Å². The Balaban J connectivity index is 2.82. The first kappa shape index (κ1) is 13.7. The van der Waals surface area contributed by atoms with Crippen molar-refractivity contribution >= 4 is 5.91 Å². The van der Waals surface area contributed by atoms with Crippen molar-refractivity contribution in [2.45, 2.75) is 33.2 Å². The number of aliphatic hydroxyl groups excluding tert-OH is 1. The lowest BCUT2D eigenvalue weighted by molar-refractivity contribution is 0.0896. The first-order valence-corrected chi connectivity index (χ1v) is 6.09. The van der Waals surface area contributed by atoms with E-state index in [0.717, 1.165) is 12.0 Å². The second kappa shape index (κ2) is 6.40. The molecule has 0 aliphatic heterocycles. The number of aryl methyl sites for hydroxylation is 1. The Hall–Kier alpha value is -1.35. The van der Waals surface area contributed by atoms with Gasteiger partial charge in [-0.2, -0.15) is 0 Å². The number of carbonyl (C=O) groups is 1. The summed E-state index contributed by atoms with van der Waals surface area (Å²) < 4.78 is 0. The molecule has 0 bridgehead atoms. The highest BCUT2D eigenvalue weighted by Crippen LogP contribution is 2.10. The molecule has 3 nitrogen and oxygen atoms in total. The Morgan fingerprint density at radius 2 is 2.00 bits per heavy atom. The third-order valence-corrected chi connectivity index (χ3v) is 2.96. The van der Waals surface area contributed by atoms with Crippen molar-refractivity contribution in [3.63, 3.8) is 0 Å². The topological polar surface area (TPSA) is 49.3 Å². The predicted molar refractivity (Wildman–Crippen MR) is 69.0 cm³/mol. The fraction of sp³-hybridized carbons (Fsp3) is 0.500. The quantitative estimate of drug-likeness (QED) is 0.820. The van der Waals surface area contributed by atoms with E-state index in [9.17, 15) is 9.90 Å². The first-order valence-electron chi connectivity index (χ1n) is 6.09. The van der Waals surface area contributed by atoms with Gasteiger partial charge in [0.15, 0.2) is 0 Å². The molecule has 0 unspecified atom stereocenters. The number of rotatable bonds is 5. The molecular weight excluding hydrogens is 214 g/mol. The lowest BCUT2D eigenvalue weighted by Crippen LogP contribution is -2.41. The molecule has 0 heterocycles. The van der Waals surface area contributed by atoms with E-state index >= 15 is 0 Å². The molecule has 17 heavy (non-hydrogen) atoms. The summed E-state index contributed by atoms with van der Waals surface area (Å²) in [6.07, 6.45) is 0.828. The summed E-state index contributed by atoms with van der Waals surface area (Å²) in [4.78, 5) is 12.1. The molecule has 0 aliphatic rings. The van der Waals surface area contributed by atoms with E-state index in [1.165, 1.54) is 0 Å². The molecule has 1 atom stereocenters. The van der Waals surface area contributed by atoms with Crippen LogP contribution in [-0.2, 0) is 6.42 Å². The molecule has 0 spiro atoms. The minimum Gasteiger partial charge on any atom is -0.394 e. The largest absolute Gasteiger partial charge is 0.394 e. The zero-order valence-electron chi connectivity index (χ0n) is 10.7. The molecule has 2 N–H and O–H groups in total. The van der Waals surface area contributed by atoms with Gasteiger partial charge in [-0.25, -0.2) is 0 Å². The van der Waals surface area contributed by atoms with Gasteiger partial charge in [-0.3, -0.25) is 4.79 Å². The average molecular weight is 235 g/mol. The van der Waals surface area contributed by atoms with E-state index in [4.69, 9.17) is 0 Å². The third-order valence-electron chi connectivity index (χ3n) is 2.96. The highest BCUT2D eigenvalue weighted by Gasteiger charge is 2.17. The van der Waals surface area contributed by atoms with Crippen LogP contribution >= 0.6 is 0 Å². The number of amides is 1. The van der Waals surface area contributed by atoms with Crippen LogP contribution in [0.1, 0.15) is 36.7 Å². The third kappa shape index (κ3) is 3.56. The smallest absolute Gasteiger partial charge is 0.251 e. The molecule has 0 radical (unpaired) electrons. The zero-order valence-corrected chi connectivity index (χ0v) is 10.7. The van der Waals surface area contributed by atoms with Crippen LogP contribution in [0.2, 0.25) is 0 Å². The van der Waals surface area contributed by atoms with Gasteiger partial charge in [0, 0.05) is 5.56 Å². The van der Waals surface area contributed by atoms with Gasteiger partial charge in [0.1, 0.15) is 0 Å². The number of carbonyl (C=O) groups excluding carboxylic acids is 1. The highest BCUT2D eigenvalue weighted by atomic mass is 16.3. The summed E-state index contributed by atoms with van der Waals surface area (Å²) in [6, 6.07) is 7.38. The van der Waals surface area contributed by atoms with Crippen LogP contribution in [0.5, 0.6) is 0 Å². The number of benzene rings is 1. The maximum Gasteiger partial charge on any atom is 0.251 e. The van der Waals surface area contributed by atoms with Gasteiger partial charge in [0.2, 0.25) is 0 Å². The van der Waals surface area contributed by atoms with E-state index in [1.54, 1.807) is 0 Å². The fourth-order valence-corrected chi connectivity index (χ4v) is 1.72. The van der Waals surface area contributed by atoms with E-state index in [-0.39, 0.29) is 24.5 Å². The van der Waals surface area contributed by atoms with Crippen molar-refractivity contribution in [2.24, 2.45) is 5.92 Å². The summed E-state index contributed by atoms with van der Waals surface area (Å²) in [6.45, 7) is 5.95. The standard InChI is InChI=1S/C14H21NO2/c1-4-11-7-5-6-8-12(11)14(17)15-13(9-16)10(2)3/h5-8,10,13,16H,4,9H2,1-3H3,(H,15,17)/t13-/m1/s1. The van der Waals surface area contributed by atoms with Crippen LogP contribution in [0.3, 0.4) is 0 Å². The van der Waals surface area contributed by atoms with Crippen molar-refractivity contribution in [2.75, 3.05) is 6.61 Å². The molecule has 0 aromatic heterocycles. The Morgan fingerprint density at radius 3 is 2.53 bits per heavy atom. The second-order valence-electron chi connectivity index (χ2n) is 4.52. The Morgan fingerprint density at radius 1 is 1.35 bits per heavy atom. The molecular formula is C14H21NO2. The normalized spacial score (nSPS) is 12.5.